The predicted molar refractivity (Wildman–Crippen MR) is 133 cm³/mol. The van der Waals surface area contributed by atoms with Gasteiger partial charge in [0.25, 0.3) is 0 Å². The van der Waals surface area contributed by atoms with E-state index in [9.17, 15) is 0 Å². The molecule has 1 fully saturated rings. The normalized spacial score (nSPS) is 17.1. The molecule has 1 aromatic rings. The number of likely N-dealkylation sites (N-methyl/N-ethyl adjacent to an activating group) is 1. The third-order valence-corrected chi connectivity index (χ3v) is 5.54. The molecule has 28 heavy (non-hydrogen) atoms. The van der Waals surface area contributed by atoms with E-state index in [1.165, 1.54) is 0 Å². The number of rotatable bonds is 8. The Balaban J connectivity index is 0.00000392. The average molecular weight is 542 g/mol. The summed E-state index contributed by atoms with van der Waals surface area (Å²) >= 11 is 12.2. The van der Waals surface area contributed by atoms with Crippen LogP contribution >= 0.6 is 47.2 Å². The quantitative estimate of drug-likeness (QED) is 0.228. The molecule has 1 aliphatic rings. The average Bonchev–Trinajstić information content (AvgIpc) is 2.64. The molecule has 160 valence electrons. The molecule has 0 saturated carbocycles. The maximum atomic E-state index is 6.24. The van der Waals surface area contributed by atoms with E-state index in [1.54, 1.807) is 6.07 Å². The minimum Gasteiger partial charge on any atom is -0.357 e. The van der Waals surface area contributed by atoms with Crippen LogP contribution < -0.4 is 10.6 Å². The van der Waals surface area contributed by atoms with Crippen LogP contribution in [0.25, 0.3) is 0 Å². The van der Waals surface area contributed by atoms with E-state index in [0.29, 0.717) is 11.1 Å². The molecule has 1 unspecified atom stereocenters. The van der Waals surface area contributed by atoms with E-state index in [4.69, 9.17) is 28.2 Å². The van der Waals surface area contributed by atoms with Gasteiger partial charge in [-0.3, -0.25) is 9.89 Å². The zero-order valence-corrected chi connectivity index (χ0v) is 21.0. The van der Waals surface area contributed by atoms with E-state index in [2.05, 4.69) is 41.3 Å². The van der Waals surface area contributed by atoms with Crippen molar-refractivity contribution >= 4 is 53.1 Å². The zero-order valence-electron chi connectivity index (χ0n) is 17.2. The van der Waals surface area contributed by atoms with E-state index in [-0.39, 0.29) is 24.0 Å². The van der Waals surface area contributed by atoms with Gasteiger partial charge < -0.3 is 15.5 Å². The first-order valence-corrected chi connectivity index (χ1v) is 10.6. The minimum absolute atomic E-state index is 0. The molecule has 1 aliphatic heterocycles. The molecule has 5 nitrogen and oxygen atoms in total. The lowest BCUT2D eigenvalue weighted by atomic mass is 10.1. The third kappa shape index (κ3) is 9.03. The van der Waals surface area contributed by atoms with Crippen molar-refractivity contribution in [3.8, 4) is 0 Å². The van der Waals surface area contributed by atoms with Crippen molar-refractivity contribution in [3.63, 3.8) is 0 Å². The van der Waals surface area contributed by atoms with Crippen molar-refractivity contribution < 1.29 is 0 Å². The number of hydrogen-bond donors (Lipinski definition) is 2. The van der Waals surface area contributed by atoms with Gasteiger partial charge in [0, 0.05) is 55.4 Å². The fourth-order valence-electron chi connectivity index (χ4n) is 3.15. The van der Waals surface area contributed by atoms with Gasteiger partial charge in [0.1, 0.15) is 0 Å². The van der Waals surface area contributed by atoms with Gasteiger partial charge in [-0.25, -0.2) is 0 Å². The Kier molecular flexibility index (Phi) is 12.7. The predicted octanol–water partition coefficient (Wildman–Crippen LogP) is 3.74. The lowest BCUT2D eigenvalue weighted by Gasteiger charge is -2.35. The van der Waals surface area contributed by atoms with Crippen LogP contribution in [0, 0.1) is 0 Å². The molecular formula is C20H34Cl2IN5. The van der Waals surface area contributed by atoms with Gasteiger partial charge in [0.15, 0.2) is 5.96 Å². The number of aliphatic imine (C=N–C) groups is 1. The first-order chi connectivity index (χ1) is 13.0. The smallest absolute Gasteiger partial charge is 0.191 e. The largest absolute Gasteiger partial charge is 0.357 e. The molecular weight excluding hydrogens is 508 g/mol. The summed E-state index contributed by atoms with van der Waals surface area (Å²) in [4.78, 5) is 9.68. The Morgan fingerprint density at radius 3 is 2.54 bits per heavy atom. The number of aryl methyl sites for hydroxylation is 1. The van der Waals surface area contributed by atoms with Crippen LogP contribution in [0.1, 0.15) is 25.8 Å². The van der Waals surface area contributed by atoms with E-state index in [0.717, 1.165) is 75.2 Å². The maximum Gasteiger partial charge on any atom is 0.191 e. The first-order valence-electron chi connectivity index (χ1n) is 9.88. The number of guanidine groups is 1. The van der Waals surface area contributed by atoms with Crippen molar-refractivity contribution in [3.05, 3.63) is 33.8 Å². The molecule has 2 N–H and O–H groups in total. The Hall–Kier alpha value is -0.280. The molecule has 2 rings (SSSR count). The van der Waals surface area contributed by atoms with Crippen LogP contribution in [-0.4, -0.2) is 74.7 Å². The van der Waals surface area contributed by atoms with Crippen LogP contribution in [0.15, 0.2) is 23.2 Å². The number of benzene rings is 1. The van der Waals surface area contributed by atoms with Crippen molar-refractivity contribution in [2.75, 3.05) is 52.9 Å². The highest BCUT2D eigenvalue weighted by Gasteiger charge is 2.18. The van der Waals surface area contributed by atoms with Crippen molar-refractivity contribution in [1.29, 1.82) is 0 Å². The second-order valence-electron chi connectivity index (χ2n) is 7.17. The number of nitrogens with one attached hydrogen (secondary N) is 2. The van der Waals surface area contributed by atoms with E-state index in [1.807, 2.05) is 12.1 Å². The molecule has 1 saturated heterocycles. The molecule has 1 aromatic carbocycles. The Labute approximate surface area is 197 Å². The highest BCUT2D eigenvalue weighted by molar-refractivity contribution is 14.0. The molecule has 1 atom stereocenters. The molecule has 0 bridgehead atoms. The standard InChI is InChI=1S/C20H33Cl2N5.HI/c1-4-23-20(25-15-16(2)27-12-10-26(3)11-13-27)24-9-5-6-17-7-8-18(21)14-19(17)22;/h7-8,14,16H,4-6,9-13,15H2,1-3H3,(H2,23,24,25);1H. The van der Waals surface area contributed by atoms with Gasteiger partial charge in [-0.1, -0.05) is 29.3 Å². The summed E-state index contributed by atoms with van der Waals surface area (Å²) in [6.07, 6.45) is 1.90. The van der Waals surface area contributed by atoms with Gasteiger partial charge in [-0.05, 0) is 51.4 Å². The molecule has 0 radical (unpaired) electrons. The zero-order chi connectivity index (χ0) is 19.6. The fourth-order valence-corrected chi connectivity index (χ4v) is 3.66. The number of hydrogen-bond acceptors (Lipinski definition) is 3. The second-order valence-corrected chi connectivity index (χ2v) is 8.02. The van der Waals surface area contributed by atoms with Crippen LogP contribution in [0.3, 0.4) is 0 Å². The Morgan fingerprint density at radius 1 is 1.18 bits per heavy atom. The summed E-state index contributed by atoms with van der Waals surface area (Å²) in [6, 6.07) is 6.15. The number of piperazine rings is 1. The van der Waals surface area contributed by atoms with Crippen LogP contribution in [0.4, 0.5) is 0 Å². The highest BCUT2D eigenvalue weighted by Crippen LogP contribution is 2.21. The summed E-state index contributed by atoms with van der Waals surface area (Å²) in [7, 11) is 2.19. The van der Waals surface area contributed by atoms with E-state index < -0.39 is 0 Å². The Morgan fingerprint density at radius 2 is 1.89 bits per heavy atom. The first kappa shape index (κ1) is 25.8. The summed E-state index contributed by atoms with van der Waals surface area (Å²) in [5.41, 5.74) is 1.13. The number of halogens is 3. The van der Waals surface area contributed by atoms with Gasteiger partial charge in [-0.15, -0.1) is 24.0 Å². The summed E-state index contributed by atoms with van der Waals surface area (Å²) in [6.45, 7) is 11.4. The number of nitrogens with zero attached hydrogens (tertiary/aromatic N) is 3. The monoisotopic (exact) mass is 541 g/mol. The van der Waals surface area contributed by atoms with Crippen LogP contribution in [-0.2, 0) is 6.42 Å². The van der Waals surface area contributed by atoms with Gasteiger partial charge in [0.05, 0.1) is 6.54 Å². The molecule has 0 spiro atoms. The van der Waals surface area contributed by atoms with Crippen LogP contribution in [0.5, 0.6) is 0 Å². The fraction of sp³-hybridized carbons (Fsp3) is 0.650. The summed E-state index contributed by atoms with van der Waals surface area (Å²) in [5.74, 6) is 0.890. The topological polar surface area (TPSA) is 42.9 Å². The van der Waals surface area contributed by atoms with Crippen LogP contribution in [0.2, 0.25) is 10.0 Å². The molecule has 1 heterocycles. The molecule has 0 aromatic heterocycles. The minimum atomic E-state index is 0. The lowest BCUT2D eigenvalue weighted by Crippen LogP contribution is -2.49. The van der Waals surface area contributed by atoms with E-state index >= 15 is 0 Å². The molecule has 8 heteroatoms. The molecule has 0 amide bonds. The summed E-state index contributed by atoms with van der Waals surface area (Å²) < 4.78 is 0. The lowest BCUT2D eigenvalue weighted by molar-refractivity contribution is 0.122. The Bertz CT molecular complexity index is 606. The molecule has 0 aliphatic carbocycles. The van der Waals surface area contributed by atoms with Crippen molar-refractivity contribution in [1.82, 2.24) is 20.4 Å². The van der Waals surface area contributed by atoms with Gasteiger partial charge in [0.2, 0.25) is 0 Å². The van der Waals surface area contributed by atoms with Gasteiger partial charge in [-0.2, -0.15) is 0 Å². The summed E-state index contributed by atoms with van der Waals surface area (Å²) in [5, 5.41) is 8.18. The third-order valence-electron chi connectivity index (χ3n) is 4.95. The highest BCUT2D eigenvalue weighted by atomic mass is 127. The van der Waals surface area contributed by atoms with Gasteiger partial charge >= 0.3 is 0 Å². The SMILES string of the molecule is CCNC(=NCC(C)N1CCN(C)CC1)NCCCc1ccc(Cl)cc1Cl.I. The van der Waals surface area contributed by atoms with Crippen molar-refractivity contribution in [2.45, 2.75) is 32.7 Å². The van der Waals surface area contributed by atoms with Crippen molar-refractivity contribution in [2.24, 2.45) is 4.99 Å². The second kappa shape index (κ2) is 13.9. The maximum absolute atomic E-state index is 6.24.